The lowest BCUT2D eigenvalue weighted by Crippen LogP contribution is -2.19. The molecule has 1 aromatic carbocycles. The van der Waals surface area contributed by atoms with E-state index in [1.807, 2.05) is 31.2 Å². The molecule has 2 aromatic heterocycles. The van der Waals surface area contributed by atoms with Gasteiger partial charge >= 0.3 is 0 Å². The highest BCUT2D eigenvalue weighted by molar-refractivity contribution is 7.15. The Labute approximate surface area is 175 Å². The van der Waals surface area contributed by atoms with Crippen molar-refractivity contribution in [2.45, 2.75) is 6.92 Å². The van der Waals surface area contributed by atoms with Crippen molar-refractivity contribution in [2.24, 2.45) is 0 Å². The summed E-state index contributed by atoms with van der Waals surface area (Å²) in [5.41, 5.74) is 2.73. The molecule has 0 saturated carbocycles. The highest BCUT2D eigenvalue weighted by Gasteiger charge is 2.18. The number of pyridine rings is 1. The van der Waals surface area contributed by atoms with Gasteiger partial charge in [0.25, 0.3) is 11.8 Å². The number of amides is 2. The van der Waals surface area contributed by atoms with Gasteiger partial charge in [0, 0.05) is 24.3 Å². The molecule has 2 amide bonds. The molecular weight excluding hydrogens is 419 g/mol. The third-order valence-corrected chi connectivity index (χ3v) is 5.78. The first-order valence-corrected chi connectivity index (χ1v) is 9.83. The Morgan fingerprint density at radius 2 is 1.86 bits per heavy atom. The third kappa shape index (κ3) is 4.27. The Bertz CT molecular complexity index is 1050. The third-order valence-electron chi connectivity index (χ3n) is 3.96. The number of para-hydroxylation sites is 1. The Morgan fingerprint density at radius 1 is 1.11 bits per heavy atom. The van der Waals surface area contributed by atoms with Crippen LogP contribution in [0.15, 0.2) is 41.9 Å². The molecule has 0 fully saturated rings. The number of hydrogen-bond acceptors (Lipinski definition) is 5. The van der Waals surface area contributed by atoms with Gasteiger partial charge in [-0.15, -0.1) is 11.3 Å². The quantitative estimate of drug-likeness (QED) is 0.520. The fourth-order valence-electron chi connectivity index (χ4n) is 2.43. The van der Waals surface area contributed by atoms with Crippen LogP contribution in [0.25, 0.3) is 0 Å². The smallest absolute Gasteiger partial charge is 0.258 e. The second kappa shape index (κ2) is 8.60. The molecule has 28 heavy (non-hydrogen) atoms. The first-order valence-electron chi connectivity index (χ1n) is 8.19. The van der Waals surface area contributed by atoms with Crippen molar-refractivity contribution in [3.8, 4) is 0 Å². The molecule has 0 unspecified atom stereocenters. The van der Waals surface area contributed by atoms with Gasteiger partial charge in [-0.1, -0.05) is 41.4 Å². The number of rotatable bonds is 5. The molecule has 3 rings (SSSR count). The largest absolute Gasteiger partial charge is 0.355 e. The van der Waals surface area contributed by atoms with Crippen molar-refractivity contribution in [3.05, 3.63) is 68.0 Å². The Morgan fingerprint density at radius 3 is 2.50 bits per heavy atom. The summed E-state index contributed by atoms with van der Waals surface area (Å²) in [5, 5.41) is 10.2. The van der Waals surface area contributed by atoms with Crippen LogP contribution in [0.4, 0.5) is 17.2 Å². The lowest BCUT2D eigenvalue weighted by molar-refractivity contribution is 0.0961. The van der Waals surface area contributed by atoms with E-state index in [1.165, 1.54) is 24.6 Å². The van der Waals surface area contributed by atoms with Crippen molar-refractivity contribution < 1.29 is 9.59 Å². The van der Waals surface area contributed by atoms with E-state index >= 15 is 0 Å². The van der Waals surface area contributed by atoms with Crippen LogP contribution in [0, 0.1) is 6.92 Å². The van der Waals surface area contributed by atoms with E-state index in [0.29, 0.717) is 21.4 Å². The number of halogens is 2. The molecule has 0 spiro atoms. The highest BCUT2D eigenvalue weighted by atomic mass is 35.5. The summed E-state index contributed by atoms with van der Waals surface area (Å²) >= 11 is 13.2. The van der Waals surface area contributed by atoms with Gasteiger partial charge in [-0.25, -0.2) is 4.98 Å². The average molecular weight is 435 g/mol. The molecule has 0 saturated heterocycles. The molecule has 0 radical (unpaired) electrons. The minimum absolute atomic E-state index is 0.188. The van der Waals surface area contributed by atoms with Gasteiger partial charge in [-0.3, -0.25) is 9.59 Å². The highest BCUT2D eigenvalue weighted by Crippen LogP contribution is 2.33. The van der Waals surface area contributed by atoms with Crippen molar-refractivity contribution >= 4 is 63.5 Å². The number of nitrogens with zero attached hydrogens (tertiary/aromatic N) is 1. The SMILES string of the molecule is CNC(=O)c1cnc(Nc2ccccc2C)c(NC(=O)c2csc(Cl)c2Cl)c1. The maximum Gasteiger partial charge on any atom is 0.258 e. The van der Waals surface area contributed by atoms with Crippen molar-refractivity contribution in [1.82, 2.24) is 10.3 Å². The van der Waals surface area contributed by atoms with Crippen molar-refractivity contribution in [1.29, 1.82) is 0 Å². The van der Waals surface area contributed by atoms with Crippen LogP contribution >= 0.6 is 34.5 Å². The Balaban J connectivity index is 1.98. The zero-order chi connectivity index (χ0) is 20.3. The summed E-state index contributed by atoms with van der Waals surface area (Å²) in [7, 11) is 1.52. The first kappa shape index (κ1) is 20.1. The number of anilines is 3. The molecule has 0 aliphatic heterocycles. The van der Waals surface area contributed by atoms with Crippen LogP contribution < -0.4 is 16.0 Å². The number of thiophene rings is 1. The lowest BCUT2D eigenvalue weighted by atomic mass is 10.2. The Hall–Kier alpha value is -2.61. The van der Waals surface area contributed by atoms with Crippen molar-refractivity contribution in [3.63, 3.8) is 0 Å². The predicted molar refractivity (Wildman–Crippen MR) is 114 cm³/mol. The minimum atomic E-state index is -0.447. The standard InChI is InChI=1S/C19H16Cl2N4O2S/c1-10-5-3-4-6-13(10)24-17-14(7-11(8-23-17)18(26)22-2)25-19(27)12-9-28-16(21)15(12)20/h3-9H,1-2H3,(H,22,26)(H,23,24)(H,25,27). The monoisotopic (exact) mass is 434 g/mol. The van der Waals surface area contributed by atoms with E-state index in [1.54, 1.807) is 11.4 Å². The topological polar surface area (TPSA) is 83.1 Å². The van der Waals surface area contributed by atoms with E-state index < -0.39 is 5.91 Å². The van der Waals surface area contributed by atoms with Gasteiger partial charge in [0.05, 0.1) is 21.8 Å². The fourth-order valence-corrected chi connectivity index (χ4v) is 3.67. The molecule has 0 bridgehead atoms. The van der Waals surface area contributed by atoms with E-state index in [4.69, 9.17) is 23.2 Å². The van der Waals surface area contributed by atoms with Crippen LogP contribution in [-0.2, 0) is 0 Å². The predicted octanol–water partition coefficient (Wildman–Crippen LogP) is 5.11. The van der Waals surface area contributed by atoms with Crippen LogP contribution in [0.5, 0.6) is 0 Å². The Kier molecular flexibility index (Phi) is 6.18. The van der Waals surface area contributed by atoms with Crippen LogP contribution in [0.3, 0.4) is 0 Å². The van der Waals surface area contributed by atoms with E-state index in [0.717, 1.165) is 11.3 Å². The van der Waals surface area contributed by atoms with Gasteiger partial charge in [-0.05, 0) is 24.6 Å². The number of carbonyl (C=O) groups excluding carboxylic acids is 2. The molecule has 6 nitrogen and oxygen atoms in total. The normalized spacial score (nSPS) is 10.4. The molecule has 0 aliphatic carbocycles. The van der Waals surface area contributed by atoms with E-state index in [9.17, 15) is 9.59 Å². The summed E-state index contributed by atoms with van der Waals surface area (Å²) in [5.74, 6) is -0.369. The van der Waals surface area contributed by atoms with Crippen molar-refractivity contribution in [2.75, 3.05) is 17.7 Å². The maximum absolute atomic E-state index is 12.7. The molecule has 144 valence electrons. The second-order valence-corrected chi connectivity index (χ2v) is 7.69. The van der Waals surface area contributed by atoms with Gasteiger partial charge in [-0.2, -0.15) is 0 Å². The van der Waals surface area contributed by atoms with Crippen LogP contribution in [0.1, 0.15) is 26.3 Å². The number of aromatic nitrogens is 1. The zero-order valence-corrected chi connectivity index (χ0v) is 17.3. The first-order chi connectivity index (χ1) is 13.4. The molecular formula is C19H16Cl2N4O2S. The number of hydrogen-bond donors (Lipinski definition) is 3. The molecule has 2 heterocycles. The van der Waals surface area contributed by atoms with Gasteiger partial charge < -0.3 is 16.0 Å². The molecule has 3 aromatic rings. The van der Waals surface area contributed by atoms with E-state index in [-0.39, 0.29) is 16.5 Å². The van der Waals surface area contributed by atoms with Gasteiger partial charge in [0.1, 0.15) is 4.34 Å². The van der Waals surface area contributed by atoms with E-state index in [2.05, 4.69) is 20.9 Å². The molecule has 0 atom stereocenters. The van der Waals surface area contributed by atoms with Gasteiger partial charge in [0.2, 0.25) is 0 Å². The summed E-state index contributed by atoms with van der Waals surface area (Å²) in [6, 6.07) is 9.21. The minimum Gasteiger partial charge on any atom is -0.355 e. The average Bonchev–Trinajstić information content (AvgIpc) is 3.03. The number of benzene rings is 1. The van der Waals surface area contributed by atoms with Gasteiger partial charge in [0.15, 0.2) is 5.82 Å². The summed E-state index contributed by atoms with van der Waals surface area (Å²) < 4.78 is 0.335. The molecule has 3 N–H and O–H groups in total. The summed E-state index contributed by atoms with van der Waals surface area (Å²) in [4.78, 5) is 29.0. The number of carbonyl (C=O) groups is 2. The second-order valence-electron chi connectivity index (χ2n) is 5.83. The van der Waals surface area contributed by atoms with Crippen LogP contribution in [-0.4, -0.2) is 23.8 Å². The summed E-state index contributed by atoms with van der Waals surface area (Å²) in [6.07, 6.45) is 1.43. The zero-order valence-electron chi connectivity index (χ0n) is 15.0. The number of nitrogens with one attached hydrogen (secondary N) is 3. The summed E-state index contributed by atoms with van der Waals surface area (Å²) in [6.45, 7) is 1.95. The maximum atomic E-state index is 12.7. The van der Waals surface area contributed by atoms with Crippen LogP contribution in [0.2, 0.25) is 9.36 Å². The fraction of sp³-hybridized carbons (Fsp3) is 0.105. The molecule has 9 heteroatoms. The lowest BCUT2D eigenvalue weighted by Gasteiger charge is -2.14. The number of aryl methyl sites for hydroxylation is 1. The molecule has 0 aliphatic rings.